The van der Waals surface area contributed by atoms with Crippen molar-refractivity contribution in [1.82, 2.24) is 9.88 Å². The van der Waals surface area contributed by atoms with E-state index < -0.39 is 0 Å². The molecular weight excluding hydrogens is 258 g/mol. The minimum absolute atomic E-state index is 0.0550. The quantitative estimate of drug-likeness (QED) is 0.921. The van der Waals surface area contributed by atoms with Gasteiger partial charge in [0.15, 0.2) is 0 Å². The summed E-state index contributed by atoms with van der Waals surface area (Å²) in [6, 6.07) is 0.230. The number of aromatic nitrogens is 1. The number of hydrogen-bond donors (Lipinski definition) is 1. The van der Waals surface area contributed by atoms with Gasteiger partial charge in [-0.05, 0) is 12.8 Å². The number of amides is 1. The molecule has 0 spiro atoms. The molecule has 4 nitrogen and oxygen atoms in total. The van der Waals surface area contributed by atoms with Gasteiger partial charge in [-0.3, -0.25) is 4.79 Å². The van der Waals surface area contributed by atoms with Gasteiger partial charge in [0, 0.05) is 29.9 Å². The van der Waals surface area contributed by atoms with Crippen molar-refractivity contribution in [2.75, 3.05) is 13.1 Å². The van der Waals surface area contributed by atoms with E-state index in [-0.39, 0.29) is 17.4 Å². The number of nitrogens with two attached hydrogens (primary N) is 1. The van der Waals surface area contributed by atoms with Crippen LogP contribution in [-0.2, 0) is 16.6 Å². The number of carbonyl (C=O) groups excluding carboxylic acids is 1. The molecule has 19 heavy (non-hydrogen) atoms. The van der Waals surface area contributed by atoms with Crippen LogP contribution in [0.2, 0.25) is 0 Å². The van der Waals surface area contributed by atoms with Crippen molar-refractivity contribution in [2.45, 2.75) is 51.5 Å². The van der Waals surface area contributed by atoms with E-state index in [1.807, 2.05) is 10.3 Å². The maximum absolute atomic E-state index is 12.3. The lowest BCUT2D eigenvalue weighted by atomic mass is 9.98. The van der Waals surface area contributed by atoms with E-state index in [9.17, 15) is 4.79 Å². The van der Waals surface area contributed by atoms with Crippen LogP contribution in [0.5, 0.6) is 0 Å². The summed E-state index contributed by atoms with van der Waals surface area (Å²) in [5.74, 6) is 0.165. The summed E-state index contributed by atoms with van der Waals surface area (Å²) in [4.78, 5) is 18.8. The van der Waals surface area contributed by atoms with Crippen LogP contribution >= 0.6 is 11.3 Å². The second-order valence-electron chi connectivity index (χ2n) is 6.19. The summed E-state index contributed by atoms with van der Waals surface area (Å²) >= 11 is 1.64. The van der Waals surface area contributed by atoms with Gasteiger partial charge in [0.05, 0.1) is 17.1 Å². The summed E-state index contributed by atoms with van der Waals surface area (Å²) in [6.45, 7) is 7.83. The van der Waals surface area contributed by atoms with Gasteiger partial charge >= 0.3 is 0 Å². The zero-order valence-electron chi connectivity index (χ0n) is 12.0. The third-order valence-electron chi connectivity index (χ3n) is 3.50. The maximum atomic E-state index is 12.3. The fourth-order valence-corrected chi connectivity index (χ4v) is 3.31. The lowest BCUT2D eigenvalue weighted by Crippen LogP contribution is -2.40. The van der Waals surface area contributed by atoms with Crippen molar-refractivity contribution in [3.63, 3.8) is 0 Å². The highest BCUT2D eigenvalue weighted by atomic mass is 32.1. The average Bonchev–Trinajstić information content (AvgIpc) is 2.95. The molecule has 0 aliphatic carbocycles. The zero-order chi connectivity index (χ0) is 14.0. The van der Waals surface area contributed by atoms with Gasteiger partial charge in [0.2, 0.25) is 5.91 Å². The standard InChI is InChI=1S/C14H23N3OS/c1-14(2,3)13-16-10(9-19-13)7-12(18)17-6-4-5-11(17)8-15/h9,11H,4-8,15H2,1-3H3. The largest absolute Gasteiger partial charge is 0.338 e. The van der Waals surface area contributed by atoms with Gasteiger partial charge in [0.1, 0.15) is 0 Å². The van der Waals surface area contributed by atoms with E-state index in [2.05, 4.69) is 25.8 Å². The molecule has 1 aromatic heterocycles. The molecule has 2 N–H and O–H groups in total. The molecule has 1 saturated heterocycles. The number of thiazole rings is 1. The molecule has 106 valence electrons. The molecule has 0 radical (unpaired) electrons. The SMILES string of the molecule is CC(C)(C)c1nc(CC(=O)N2CCCC2CN)cs1. The maximum Gasteiger partial charge on any atom is 0.228 e. The topological polar surface area (TPSA) is 59.2 Å². The van der Waals surface area contributed by atoms with E-state index in [4.69, 9.17) is 5.73 Å². The first-order valence-electron chi connectivity index (χ1n) is 6.86. The Balaban J connectivity index is 2.01. The van der Waals surface area contributed by atoms with Crippen LogP contribution < -0.4 is 5.73 Å². The van der Waals surface area contributed by atoms with Gasteiger partial charge < -0.3 is 10.6 Å². The molecule has 1 amide bonds. The van der Waals surface area contributed by atoms with Crippen LogP contribution in [0.25, 0.3) is 0 Å². The summed E-state index contributed by atoms with van der Waals surface area (Å²) in [5, 5.41) is 3.10. The molecule has 1 aliphatic rings. The number of carbonyl (C=O) groups is 1. The van der Waals surface area contributed by atoms with Crippen molar-refractivity contribution in [1.29, 1.82) is 0 Å². The predicted octanol–water partition coefficient (Wildman–Crippen LogP) is 1.93. The normalized spacial score (nSPS) is 20.0. The highest BCUT2D eigenvalue weighted by Gasteiger charge is 2.28. The lowest BCUT2D eigenvalue weighted by Gasteiger charge is -2.23. The van der Waals surface area contributed by atoms with Crippen molar-refractivity contribution in [2.24, 2.45) is 5.73 Å². The Hall–Kier alpha value is -0.940. The van der Waals surface area contributed by atoms with Gasteiger partial charge in [0.25, 0.3) is 0 Å². The Morgan fingerprint density at radius 1 is 1.58 bits per heavy atom. The molecule has 1 unspecified atom stereocenters. The Bertz CT molecular complexity index is 450. The minimum Gasteiger partial charge on any atom is -0.338 e. The lowest BCUT2D eigenvalue weighted by molar-refractivity contribution is -0.131. The van der Waals surface area contributed by atoms with Crippen LogP contribution in [0.15, 0.2) is 5.38 Å². The second-order valence-corrected chi connectivity index (χ2v) is 7.05. The van der Waals surface area contributed by atoms with Crippen molar-refractivity contribution in [3.8, 4) is 0 Å². The number of rotatable bonds is 3. The zero-order valence-corrected chi connectivity index (χ0v) is 12.8. The highest BCUT2D eigenvalue weighted by molar-refractivity contribution is 7.09. The molecule has 1 atom stereocenters. The first-order chi connectivity index (χ1) is 8.91. The number of nitrogens with zero attached hydrogens (tertiary/aromatic N) is 2. The summed E-state index contributed by atoms with van der Waals surface area (Å²) in [7, 11) is 0. The smallest absolute Gasteiger partial charge is 0.228 e. The van der Waals surface area contributed by atoms with E-state index in [0.29, 0.717) is 13.0 Å². The van der Waals surface area contributed by atoms with E-state index in [1.54, 1.807) is 11.3 Å². The predicted molar refractivity (Wildman–Crippen MR) is 78.3 cm³/mol. The van der Waals surface area contributed by atoms with Crippen molar-refractivity contribution in [3.05, 3.63) is 16.1 Å². The first-order valence-corrected chi connectivity index (χ1v) is 7.74. The first kappa shape index (κ1) is 14.5. The number of hydrogen-bond acceptors (Lipinski definition) is 4. The average molecular weight is 281 g/mol. The van der Waals surface area contributed by atoms with Gasteiger partial charge in [-0.25, -0.2) is 4.98 Å². The third-order valence-corrected chi connectivity index (χ3v) is 4.81. The molecular formula is C14H23N3OS. The van der Waals surface area contributed by atoms with Crippen LogP contribution in [0, 0.1) is 0 Å². The van der Waals surface area contributed by atoms with E-state index >= 15 is 0 Å². The van der Waals surface area contributed by atoms with Gasteiger partial charge in [-0.15, -0.1) is 11.3 Å². The van der Waals surface area contributed by atoms with Crippen LogP contribution in [0.3, 0.4) is 0 Å². The van der Waals surface area contributed by atoms with Crippen LogP contribution in [0.4, 0.5) is 0 Å². The molecule has 0 aromatic carbocycles. The monoisotopic (exact) mass is 281 g/mol. The van der Waals surface area contributed by atoms with Crippen LogP contribution in [-0.4, -0.2) is 34.9 Å². The molecule has 0 bridgehead atoms. The van der Waals surface area contributed by atoms with Crippen molar-refractivity contribution >= 4 is 17.2 Å². The Morgan fingerprint density at radius 3 is 2.89 bits per heavy atom. The Kier molecular flexibility index (Phi) is 4.26. The van der Waals surface area contributed by atoms with E-state index in [1.165, 1.54) is 0 Å². The Labute approximate surface area is 119 Å². The van der Waals surface area contributed by atoms with Gasteiger partial charge in [-0.1, -0.05) is 20.8 Å². The minimum atomic E-state index is 0.0550. The molecule has 1 aromatic rings. The second kappa shape index (κ2) is 5.59. The molecule has 5 heteroatoms. The van der Waals surface area contributed by atoms with Gasteiger partial charge in [-0.2, -0.15) is 0 Å². The molecule has 2 heterocycles. The summed E-state index contributed by atoms with van der Waals surface area (Å²) in [6.07, 6.45) is 2.51. The summed E-state index contributed by atoms with van der Waals surface area (Å²) in [5.41, 5.74) is 6.66. The molecule has 1 fully saturated rings. The number of likely N-dealkylation sites (tertiary alicyclic amines) is 1. The molecule has 2 rings (SSSR count). The Morgan fingerprint density at radius 2 is 2.32 bits per heavy atom. The van der Waals surface area contributed by atoms with E-state index in [0.717, 1.165) is 30.1 Å². The fourth-order valence-electron chi connectivity index (χ4n) is 2.40. The fraction of sp³-hybridized carbons (Fsp3) is 0.714. The van der Waals surface area contributed by atoms with Crippen molar-refractivity contribution < 1.29 is 4.79 Å². The third kappa shape index (κ3) is 3.34. The molecule has 0 saturated carbocycles. The van der Waals surface area contributed by atoms with Crippen LogP contribution in [0.1, 0.15) is 44.3 Å². The molecule has 1 aliphatic heterocycles. The summed E-state index contributed by atoms with van der Waals surface area (Å²) < 4.78 is 0. The highest BCUT2D eigenvalue weighted by Crippen LogP contribution is 2.26.